The van der Waals surface area contributed by atoms with Gasteiger partial charge in [0.1, 0.15) is 0 Å². The lowest BCUT2D eigenvalue weighted by molar-refractivity contribution is 0.659. The molecule has 0 aliphatic rings. The maximum absolute atomic E-state index is 2.37. The highest BCUT2D eigenvalue weighted by molar-refractivity contribution is 6.33. The highest BCUT2D eigenvalue weighted by Crippen LogP contribution is 1.83. The molecule has 7 heavy (non-hydrogen) atoms. The molecule has 0 spiro atoms. The number of hydrogen-bond donors (Lipinski definition) is 0. The molecule has 0 aromatic rings. The smallest absolute Gasteiger partial charge is 0.0940 e. The van der Waals surface area contributed by atoms with Gasteiger partial charge in [0.2, 0.25) is 0 Å². The van der Waals surface area contributed by atoms with E-state index in [2.05, 4.69) is 18.7 Å². The molecule has 0 aromatic carbocycles. The van der Waals surface area contributed by atoms with Crippen molar-refractivity contribution in [2.45, 2.75) is 12.1 Å². The van der Waals surface area contributed by atoms with Crippen LogP contribution in [-0.4, -0.2) is 38.6 Å². The monoisotopic (exact) mass is 133 g/mol. The van der Waals surface area contributed by atoms with Gasteiger partial charge in [-0.1, -0.05) is 12.1 Å². The lowest BCUT2D eigenvalue weighted by atomic mass is 11.0. The minimum Gasteiger partial charge on any atom is -0.334 e. The van der Waals surface area contributed by atoms with Gasteiger partial charge in [-0.05, 0) is 14.1 Å². The Labute approximate surface area is 51.4 Å². The minimum atomic E-state index is 0.214. The van der Waals surface area contributed by atoms with Crippen LogP contribution in [0.4, 0.5) is 0 Å². The van der Waals surface area contributed by atoms with Crippen molar-refractivity contribution in [3.05, 3.63) is 0 Å². The first-order valence-electron chi connectivity index (χ1n) is 2.92. The lowest BCUT2D eigenvalue weighted by Gasteiger charge is -2.04. The zero-order chi connectivity index (χ0) is 5.70. The van der Waals surface area contributed by atoms with Crippen LogP contribution in [0, 0.1) is 0 Å². The molecule has 0 heterocycles. The third-order valence-corrected chi connectivity index (χ3v) is 5.00. The van der Waals surface area contributed by atoms with Gasteiger partial charge in [-0.15, -0.1) is 0 Å². The first kappa shape index (κ1) is 7.39. The van der Waals surface area contributed by atoms with Crippen molar-refractivity contribution in [2.24, 2.45) is 0 Å². The zero-order valence-electron chi connectivity index (χ0n) is 5.57. The van der Waals surface area contributed by atoms with E-state index in [9.17, 15) is 0 Å². The van der Waals surface area contributed by atoms with Gasteiger partial charge >= 0.3 is 0 Å². The molecule has 1 nitrogen and oxygen atoms in total. The van der Waals surface area contributed by atoms with Gasteiger partial charge in [0.25, 0.3) is 0 Å². The number of rotatable bonds is 3. The van der Waals surface area contributed by atoms with E-state index in [1.165, 1.54) is 22.3 Å². The largest absolute Gasteiger partial charge is 0.334 e. The Morgan fingerprint density at radius 1 is 1.57 bits per heavy atom. The maximum atomic E-state index is 2.37. The van der Waals surface area contributed by atoms with Crippen molar-refractivity contribution in [3.63, 3.8) is 0 Å². The Balaban J connectivity index is 2.68. The van der Waals surface area contributed by atoms with E-state index in [1.54, 1.807) is 0 Å². The van der Waals surface area contributed by atoms with E-state index in [1.807, 2.05) is 0 Å². The summed E-state index contributed by atoms with van der Waals surface area (Å²) in [6.45, 7) is 0. The van der Waals surface area contributed by atoms with Crippen LogP contribution in [0.5, 0.6) is 0 Å². The van der Waals surface area contributed by atoms with Crippen LogP contribution in [0.2, 0.25) is 12.1 Å². The van der Waals surface area contributed by atoms with E-state index in [-0.39, 0.29) is 9.68 Å². The second-order valence-corrected chi connectivity index (χ2v) is 5.58. The van der Waals surface area contributed by atoms with Gasteiger partial charge in [-0.3, -0.25) is 0 Å². The van der Waals surface area contributed by atoms with Gasteiger partial charge in [0, 0.05) is 10.2 Å². The van der Waals surface area contributed by atoms with Crippen LogP contribution in [0.15, 0.2) is 0 Å². The van der Waals surface area contributed by atoms with E-state index < -0.39 is 0 Å². The standard InChI is InChI=1S/C4H15NSi2/c1-5(2)7-4-3-6/h3-4,7H2,1-2,6H3. The van der Waals surface area contributed by atoms with E-state index >= 15 is 0 Å². The summed E-state index contributed by atoms with van der Waals surface area (Å²) in [6, 6.07) is 3.03. The summed E-state index contributed by atoms with van der Waals surface area (Å²) >= 11 is 0. The minimum absolute atomic E-state index is 0.214. The maximum Gasteiger partial charge on any atom is 0.0940 e. The summed E-state index contributed by atoms with van der Waals surface area (Å²) < 4.78 is 2.37. The summed E-state index contributed by atoms with van der Waals surface area (Å²) in [4.78, 5) is 0. The molecule has 0 rings (SSSR count). The molecule has 0 amide bonds. The second kappa shape index (κ2) is 4.55. The molecule has 44 valence electrons. The highest BCUT2D eigenvalue weighted by Gasteiger charge is 1.85. The molecule has 0 aliphatic carbocycles. The van der Waals surface area contributed by atoms with Crippen molar-refractivity contribution in [2.75, 3.05) is 14.1 Å². The lowest BCUT2D eigenvalue weighted by Crippen LogP contribution is -2.16. The molecular formula is C4H15NSi2. The summed E-state index contributed by atoms with van der Waals surface area (Å²) in [5.74, 6) is 0. The Bertz CT molecular complexity index is 38.7. The first-order chi connectivity index (χ1) is 3.27. The van der Waals surface area contributed by atoms with Crippen molar-refractivity contribution in [3.8, 4) is 0 Å². The molecular weight excluding hydrogens is 118 g/mol. The molecule has 0 aromatic heterocycles. The van der Waals surface area contributed by atoms with Crippen molar-refractivity contribution >= 4 is 19.9 Å². The van der Waals surface area contributed by atoms with Crippen molar-refractivity contribution in [1.82, 2.24) is 4.57 Å². The fourth-order valence-electron chi connectivity index (χ4n) is 0.474. The molecule has 0 unspecified atom stereocenters. The summed E-state index contributed by atoms with van der Waals surface area (Å²) in [5, 5.41) is 0. The summed E-state index contributed by atoms with van der Waals surface area (Å²) in [5.41, 5.74) is 0. The van der Waals surface area contributed by atoms with Crippen LogP contribution in [0.3, 0.4) is 0 Å². The molecule has 0 bridgehead atoms. The normalized spacial score (nSPS) is 12.4. The van der Waals surface area contributed by atoms with Crippen molar-refractivity contribution < 1.29 is 0 Å². The molecule has 0 saturated heterocycles. The average molecular weight is 133 g/mol. The Morgan fingerprint density at radius 3 is 2.29 bits per heavy atom. The summed E-state index contributed by atoms with van der Waals surface area (Å²) in [7, 11) is 5.98. The van der Waals surface area contributed by atoms with Crippen LogP contribution >= 0.6 is 0 Å². The van der Waals surface area contributed by atoms with Crippen LogP contribution < -0.4 is 0 Å². The quantitative estimate of drug-likeness (QED) is 0.439. The van der Waals surface area contributed by atoms with E-state index in [0.717, 1.165) is 0 Å². The van der Waals surface area contributed by atoms with Gasteiger partial charge in [-0.2, -0.15) is 0 Å². The fraction of sp³-hybridized carbons (Fsp3) is 1.00. The van der Waals surface area contributed by atoms with E-state index in [0.29, 0.717) is 0 Å². The third kappa shape index (κ3) is 6.39. The van der Waals surface area contributed by atoms with Gasteiger partial charge < -0.3 is 4.57 Å². The predicted octanol–water partition coefficient (Wildman–Crippen LogP) is -1.17. The fourth-order valence-corrected chi connectivity index (χ4v) is 2.37. The van der Waals surface area contributed by atoms with Crippen molar-refractivity contribution in [1.29, 1.82) is 0 Å². The van der Waals surface area contributed by atoms with Gasteiger partial charge in [0.15, 0.2) is 0 Å². The van der Waals surface area contributed by atoms with Crippen LogP contribution in [0.1, 0.15) is 0 Å². The summed E-state index contributed by atoms with van der Waals surface area (Å²) in [6.07, 6.45) is 0. The van der Waals surface area contributed by atoms with Gasteiger partial charge in [-0.25, -0.2) is 0 Å². The topological polar surface area (TPSA) is 3.24 Å². The Morgan fingerprint density at radius 2 is 2.14 bits per heavy atom. The Hall–Kier alpha value is 0.394. The first-order valence-corrected chi connectivity index (χ1v) is 5.96. The average Bonchev–Trinajstić information content (AvgIpc) is 1.61. The molecule has 0 N–H and O–H groups in total. The van der Waals surface area contributed by atoms with Gasteiger partial charge in [0.05, 0.1) is 9.68 Å². The van der Waals surface area contributed by atoms with Crippen LogP contribution in [-0.2, 0) is 0 Å². The molecule has 0 fully saturated rings. The molecule has 0 aliphatic heterocycles. The highest BCUT2D eigenvalue weighted by atomic mass is 28.2. The molecule has 3 heteroatoms. The van der Waals surface area contributed by atoms with E-state index in [4.69, 9.17) is 0 Å². The molecule has 0 radical (unpaired) electrons. The second-order valence-electron chi connectivity index (χ2n) is 2.16. The Kier molecular flexibility index (Phi) is 4.81. The zero-order valence-corrected chi connectivity index (χ0v) is 8.98. The predicted molar refractivity (Wildman–Crippen MR) is 41.8 cm³/mol. The molecule has 0 saturated carbocycles. The third-order valence-electron chi connectivity index (χ3n) is 0.959. The van der Waals surface area contributed by atoms with Crippen LogP contribution in [0.25, 0.3) is 0 Å². The SMILES string of the molecule is CN(C)[SiH2]CC[SiH3]. The number of nitrogens with zero attached hydrogens (tertiary/aromatic N) is 1. The molecule has 0 atom stereocenters. The number of hydrogen-bond acceptors (Lipinski definition) is 1.